The summed E-state index contributed by atoms with van der Waals surface area (Å²) in [6, 6.07) is 2.02. The highest BCUT2D eigenvalue weighted by atomic mass is 32.1. The molecule has 26 heavy (non-hydrogen) atoms. The van der Waals surface area contributed by atoms with Gasteiger partial charge in [-0.25, -0.2) is 4.98 Å². The third-order valence-corrected chi connectivity index (χ3v) is 6.54. The van der Waals surface area contributed by atoms with Gasteiger partial charge in [-0.05, 0) is 24.3 Å². The van der Waals surface area contributed by atoms with E-state index in [4.69, 9.17) is 0 Å². The van der Waals surface area contributed by atoms with Crippen molar-refractivity contribution in [3.8, 4) is 10.6 Å². The Morgan fingerprint density at radius 1 is 1.00 bits per heavy atom. The molecule has 0 saturated carbocycles. The second-order valence-corrected chi connectivity index (χ2v) is 8.34. The van der Waals surface area contributed by atoms with E-state index in [2.05, 4.69) is 9.88 Å². The monoisotopic (exact) mass is 390 g/mol. The van der Waals surface area contributed by atoms with E-state index >= 15 is 0 Å². The highest BCUT2D eigenvalue weighted by molar-refractivity contribution is 7.14. The van der Waals surface area contributed by atoms with Crippen molar-refractivity contribution in [2.24, 2.45) is 0 Å². The minimum absolute atomic E-state index is 0.00625. The van der Waals surface area contributed by atoms with E-state index in [1.54, 1.807) is 11.3 Å². The molecular formula is C18H22N4O2S2. The van der Waals surface area contributed by atoms with Crippen LogP contribution in [0.1, 0.15) is 23.3 Å². The van der Waals surface area contributed by atoms with Gasteiger partial charge in [0.05, 0.1) is 6.54 Å². The number of aromatic nitrogens is 1. The second kappa shape index (κ2) is 7.85. The van der Waals surface area contributed by atoms with E-state index in [1.165, 1.54) is 11.3 Å². The molecule has 2 aromatic heterocycles. The van der Waals surface area contributed by atoms with Gasteiger partial charge in [-0.3, -0.25) is 14.5 Å². The van der Waals surface area contributed by atoms with Crippen LogP contribution in [0.25, 0.3) is 10.6 Å². The van der Waals surface area contributed by atoms with E-state index in [0.717, 1.165) is 49.6 Å². The van der Waals surface area contributed by atoms with Crippen molar-refractivity contribution in [2.75, 3.05) is 45.8 Å². The summed E-state index contributed by atoms with van der Waals surface area (Å²) in [7, 11) is 0. The Morgan fingerprint density at radius 2 is 1.77 bits per heavy atom. The predicted molar refractivity (Wildman–Crippen MR) is 104 cm³/mol. The van der Waals surface area contributed by atoms with Gasteiger partial charge in [-0.1, -0.05) is 0 Å². The van der Waals surface area contributed by atoms with Crippen molar-refractivity contribution in [1.29, 1.82) is 0 Å². The van der Waals surface area contributed by atoms with Gasteiger partial charge in [-0.15, -0.1) is 11.3 Å². The molecule has 0 aromatic carbocycles. The van der Waals surface area contributed by atoms with Crippen molar-refractivity contribution in [2.45, 2.75) is 12.8 Å². The number of hydrogen-bond donors (Lipinski definition) is 0. The van der Waals surface area contributed by atoms with Gasteiger partial charge in [0.15, 0.2) is 0 Å². The number of thiophene rings is 1. The summed E-state index contributed by atoms with van der Waals surface area (Å²) >= 11 is 3.14. The average Bonchev–Trinajstić information content (AvgIpc) is 3.43. The van der Waals surface area contributed by atoms with E-state index in [-0.39, 0.29) is 11.8 Å². The summed E-state index contributed by atoms with van der Waals surface area (Å²) in [5.41, 5.74) is 1.60. The number of carbonyl (C=O) groups is 2. The number of likely N-dealkylation sites (tertiary alicyclic amines) is 1. The zero-order valence-electron chi connectivity index (χ0n) is 14.6. The van der Waals surface area contributed by atoms with Gasteiger partial charge in [0.2, 0.25) is 5.91 Å². The Balaban J connectivity index is 1.30. The molecule has 4 heterocycles. The van der Waals surface area contributed by atoms with Crippen LogP contribution < -0.4 is 0 Å². The molecular weight excluding hydrogens is 368 g/mol. The topological polar surface area (TPSA) is 56.8 Å². The number of thiazole rings is 1. The van der Waals surface area contributed by atoms with Crippen LogP contribution in [0.3, 0.4) is 0 Å². The van der Waals surface area contributed by atoms with Gasteiger partial charge in [-0.2, -0.15) is 11.3 Å². The first-order valence-corrected chi connectivity index (χ1v) is 10.8. The molecule has 8 heteroatoms. The molecule has 4 rings (SSSR count). The maximum Gasteiger partial charge on any atom is 0.273 e. The number of carbonyl (C=O) groups excluding carboxylic acids is 2. The fourth-order valence-electron chi connectivity index (χ4n) is 3.42. The minimum atomic E-state index is -0.00625. The number of amides is 2. The van der Waals surface area contributed by atoms with Gasteiger partial charge in [0.1, 0.15) is 10.7 Å². The normalized spacial score (nSPS) is 18.5. The van der Waals surface area contributed by atoms with Crippen LogP contribution in [0.15, 0.2) is 22.2 Å². The maximum absolute atomic E-state index is 12.7. The first-order chi connectivity index (χ1) is 12.7. The smallest absolute Gasteiger partial charge is 0.273 e. The standard InChI is InChI=1S/C18H22N4O2S2/c23-16(21-4-1-2-5-21)11-20-6-8-22(9-7-20)18(24)15-13-26-17(19-15)14-3-10-25-12-14/h3,10,12-13H,1-2,4-9,11H2. The Hall–Kier alpha value is -1.77. The largest absolute Gasteiger partial charge is 0.342 e. The van der Waals surface area contributed by atoms with Gasteiger partial charge < -0.3 is 9.80 Å². The molecule has 2 fully saturated rings. The maximum atomic E-state index is 12.7. The molecule has 2 amide bonds. The van der Waals surface area contributed by atoms with E-state index < -0.39 is 0 Å². The zero-order valence-corrected chi connectivity index (χ0v) is 16.2. The van der Waals surface area contributed by atoms with Crippen molar-refractivity contribution in [1.82, 2.24) is 19.7 Å². The third-order valence-electron chi connectivity index (χ3n) is 4.97. The van der Waals surface area contributed by atoms with Crippen molar-refractivity contribution in [3.63, 3.8) is 0 Å². The lowest BCUT2D eigenvalue weighted by Gasteiger charge is -2.34. The van der Waals surface area contributed by atoms with Crippen LogP contribution in [0.5, 0.6) is 0 Å². The van der Waals surface area contributed by atoms with E-state index in [0.29, 0.717) is 25.3 Å². The molecule has 2 aromatic rings. The summed E-state index contributed by atoms with van der Waals surface area (Å²) in [6.07, 6.45) is 2.24. The molecule has 6 nitrogen and oxygen atoms in total. The van der Waals surface area contributed by atoms with Gasteiger partial charge in [0.25, 0.3) is 5.91 Å². The first-order valence-electron chi connectivity index (χ1n) is 8.98. The summed E-state index contributed by atoms with van der Waals surface area (Å²) in [6.45, 7) is 5.05. The average molecular weight is 391 g/mol. The lowest BCUT2D eigenvalue weighted by Crippen LogP contribution is -2.51. The van der Waals surface area contributed by atoms with Crippen LogP contribution in [-0.4, -0.2) is 77.3 Å². The molecule has 138 valence electrons. The highest BCUT2D eigenvalue weighted by Crippen LogP contribution is 2.26. The molecule has 0 N–H and O–H groups in total. The Labute approximate surface area is 161 Å². The molecule has 2 aliphatic rings. The number of hydrogen-bond acceptors (Lipinski definition) is 6. The van der Waals surface area contributed by atoms with Crippen LogP contribution in [-0.2, 0) is 4.79 Å². The highest BCUT2D eigenvalue weighted by Gasteiger charge is 2.26. The van der Waals surface area contributed by atoms with Gasteiger partial charge >= 0.3 is 0 Å². The molecule has 0 aliphatic carbocycles. The fourth-order valence-corrected chi connectivity index (χ4v) is 4.93. The van der Waals surface area contributed by atoms with Crippen molar-refractivity contribution < 1.29 is 9.59 Å². The van der Waals surface area contributed by atoms with Crippen LogP contribution in [0, 0.1) is 0 Å². The Kier molecular flexibility index (Phi) is 5.33. The Bertz CT molecular complexity index is 760. The molecule has 2 saturated heterocycles. The number of nitrogens with zero attached hydrogens (tertiary/aromatic N) is 4. The Morgan fingerprint density at radius 3 is 2.46 bits per heavy atom. The molecule has 0 unspecified atom stereocenters. The lowest BCUT2D eigenvalue weighted by molar-refractivity contribution is -0.131. The fraction of sp³-hybridized carbons (Fsp3) is 0.500. The summed E-state index contributed by atoms with van der Waals surface area (Å²) in [4.78, 5) is 35.4. The van der Waals surface area contributed by atoms with Crippen LogP contribution >= 0.6 is 22.7 Å². The quantitative estimate of drug-likeness (QED) is 0.804. The summed E-state index contributed by atoms with van der Waals surface area (Å²) < 4.78 is 0. The lowest BCUT2D eigenvalue weighted by atomic mass is 10.2. The zero-order chi connectivity index (χ0) is 17.9. The first kappa shape index (κ1) is 17.6. The van der Waals surface area contributed by atoms with Crippen molar-refractivity contribution >= 4 is 34.5 Å². The SMILES string of the molecule is O=C(CN1CCN(C(=O)c2csc(-c3ccsc3)n2)CC1)N1CCCC1. The minimum Gasteiger partial charge on any atom is -0.342 e. The number of piperazine rings is 1. The van der Waals surface area contributed by atoms with Crippen LogP contribution in [0.2, 0.25) is 0 Å². The number of rotatable bonds is 4. The second-order valence-electron chi connectivity index (χ2n) is 6.71. The van der Waals surface area contributed by atoms with Crippen LogP contribution in [0.4, 0.5) is 0 Å². The molecule has 2 aliphatic heterocycles. The van der Waals surface area contributed by atoms with E-state index in [9.17, 15) is 9.59 Å². The van der Waals surface area contributed by atoms with E-state index in [1.807, 2.05) is 32.0 Å². The molecule has 0 radical (unpaired) electrons. The summed E-state index contributed by atoms with van der Waals surface area (Å²) in [5, 5.41) is 6.80. The molecule has 0 atom stereocenters. The summed E-state index contributed by atoms with van der Waals surface area (Å²) in [5.74, 6) is 0.218. The third kappa shape index (κ3) is 3.82. The van der Waals surface area contributed by atoms with Crippen molar-refractivity contribution in [3.05, 3.63) is 27.9 Å². The molecule has 0 bridgehead atoms. The predicted octanol–water partition coefficient (Wildman–Crippen LogP) is 2.25. The molecule has 0 spiro atoms. The van der Waals surface area contributed by atoms with Gasteiger partial charge in [0, 0.05) is 55.6 Å².